The van der Waals surface area contributed by atoms with E-state index in [2.05, 4.69) is 15.9 Å². The number of piperidine rings is 1. The Labute approximate surface area is 73.9 Å². The molecule has 0 aromatic carbocycles. The molecular weight excluding hydrogens is 210 g/mol. The quantitative estimate of drug-likeness (QED) is 0.478. The van der Waals surface area contributed by atoms with E-state index in [4.69, 9.17) is 0 Å². The van der Waals surface area contributed by atoms with Crippen LogP contribution >= 0.6 is 15.9 Å². The molecule has 62 valence electrons. The molecule has 1 fully saturated rings. The minimum absolute atomic E-state index is 0.000278. The zero-order valence-electron chi connectivity index (χ0n) is 6.34. The Hall–Kier alpha value is -0.380. The number of carbonyl (C=O) groups excluding carboxylic acids is 2. The smallest absolute Gasteiger partial charge is 0.243 e. The van der Waals surface area contributed by atoms with Gasteiger partial charge in [-0.3, -0.25) is 9.59 Å². The fraction of sp³-hybridized carbons (Fsp3) is 0.714. The second kappa shape index (κ2) is 3.34. The van der Waals surface area contributed by atoms with E-state index in [1.165, 1.54) is 0 Å². The van der Waals surface area contributed by atoms with Crippen LogP contribution in [-0.2, 0) is 9.59 Å². The number of hydrogen-bond donors (Lipinski definition) is 0. The molecule has 0 bridgehead atoms. The third-order valence-electron chi connectivity index (χ3n) is 1.82. The number of carbonyl (C=O) groups is 2. The number of ketones is 1. The summed E-state index contributed by atoms with van der Waals surface area (Å²) in [4.78, 5) is 23.3. The first-order valence-corrected chi connectivity index (χ1v) is 4.54. The van der Waals surface area contributed by atoms with Crippen molar-refractivity contribution < 1.29 is 9.59 Å². The monoisotopic (exact) mass is 219 g/mol. The average molecular weight is 220 g/mol. The summed E-state index contributed by atoms with van der Waals surface area (Å²) in [5.74, 6) is -0.0940. The van der Waals surface area contributed by atoms with Gasteiger partial charge in [0.2, 0.25) is 5.91 Å². The first kappa shape index (κ1) is 8.71. The largest absolute Gasteiger partial charge is 0.341 e. The SMILES string of the molecule is CCN1CCC(=O)C(Br)C1=O. The molecule has 4 heteroatoms. The molecule has 0 N–H and O–H groups in total. The van der Waals surface area contributed by atoms with Crippen LogP contribution in [0, 0.1) is 0 Å². The lowest BCUT2D eigenvalue weighted by atomic mass is 10.1. The predicted octanol–water partition coefficient (Wildman–Crippen LogP) is 0.571. The molecule has 0 radical (unpaired) electrons. The normalized spacial score (nSPS) is 26.0. The lowest BCUT2D eigenvalue weighted by Gasteiger charge is -2.27. The van der Waals surface area contributed by atoms with Gasteiger partial charge in [0.05, 0.1) is 0 Å². The molecule has 1 amide bonds. The molecular formula is C7H10BrNO2. The van der Waals surface area contributed by atoms with Crippen molar-refractivity contribution in [1.29, 1.82) is 0 Å². The van der Waals surface area contributed by atoms with Crippen LogP contribution in [0.3, 0.4) is 0 Å². The number of hydrogen-bond acceptors (Lipinski definition) is 2. The Balaban J connectivity index is 2.67. The van der Waals surface area contributed by atoms with Crippen molar-refractivity contribution in [3.63, 3.8) is 0 Å². The van der Waals surface area contributed by atoms with E-state index in [9.17, 15) is 9.59 Å². The molecule has 0 aromatic heterocycles. The molecule has 0 saturated carbocycles. The van der Waals surface area contributed by atoms with Gasteiger partial charge in [0.15, 0.2) is 10.6 Å². The summed E-state index contributed by atoms with van der Waals surface area (Å²) in [5, 5.41) is 0. The maximum Gasteiger partial charge on any atom is 0.243 e. The van der Waals surface area contributed by atoms with E-state index in [0.717, 1.165) is 0 Å². The highest BCUT2D eigenvalue weighted by molar-refractivity contribution is 9.10. The summed E-state index contributed by atoms with van der Waals surface area (Å²) >= 11 is 3.06. The van der Waals surface area contributed by atoms with Crippen LogP contribution in [0.2, 0.25) is 0 Å². The molecule has 1 saturated heterocycles. The summed E-state index contributed by atoms with van der Waals surface area (Å²) in [7, 11) is 0. The van der Waals surface area contributed by atoms with Crippen LogP contribution in [-0.4, -0.2) is 34.5 Å². The Morgan fingerprint density at radius 1 is 1.64 bits per heavy atom. The second-order valence-electron chi connectivity index (χ2n) is 2.50. The van der Waals surface area contributed by atoms with Crippen LogP contribution in [0.25, 0.3) is 0 Å². The fourth-order valence-corrected chi connectivity index (χ4v) is 1.61. The third kappa shape index (κ3) is 1.61. The molecule has 11 heavy (non-hydrogen) atoms. The van der Waals surface area contributed by atoms with Gasteiger partial charge in [-0.1, -0.05) is 15.9 Å². The van der Waals surface area contributed by atoms with Gasteiger partial charge < -0.3 is 4.90 Å². The summed E-state index contributed by atoms with van der Waals surface area (Å²) in [5.41, 5.74) is 0. The second-order valence-corrected chi connectivity index (χ2v) is 3.41. The first-order chi connectivity index (χ1) is 5.16. The Morgan fingerprint density at radius 3 is 2.82 bits per heavy atom. The summed E-state index contributed by atoms with van der Waals surface area (Å²) in [6.45, 7) is 3.18. The lowest BCUT2D eigenvalue weighted by molar-refractivity contribution is -0.138. The van der Waals surface area contributed by atoms with Crippen LogP contribution in [0.4, 0.5) is 0 Å². The molecule has 0 spiro atoms. The number of Topliss-reactive ketones (excluding diaryl/α,β-unsaturated/α-hetero) is 1. The number of likely N-dealkylation sites (tertiary alicyclic amines) is 1. The van der Waals surface area contributed by atoms with Crippen molar-refractivity contribution in [3.05, 3.63) is 0 Å². The predicted molar refractivity (Wildman–Crippen MR) is 44.6 cm³/mol. The highest BCUT2D eigenvalue weighted by Gasteiger charge is 2.31. The minimum Gasteiger partial charge on any atom is -0.341 e. The third-order valence-corrected chi connectivity index (χ3v) is 2.72. The van der Waals surface area contributed by atoms with E-state index in [0.29, 0.717) is 19.5 Å². The van der Waals surface area contributed by atoms with Gasteiger partial charge in [-0.25, -0.2) is 0 Å². The maximum absolute atomic E-state index is 11.2. The summed E-state index contributed by atoms with van der Waals surface area (Å²) in [6, 6.07) is 0. The topological polar surface area (TPSA) is 37.4 Å². The van der Waals surface area contributed by atoms with Gasteiger partial charge in [0.25, 0.3) is 0 Å². The number of halogens is 1. The van der Waals surface area contributed by atoms with Gasteiger partial charge in [0.1, 0.15) is 0 Å². The lowest BCUT2D eigenvalue weighted by Crippen LogP contribution is -2.46. The fourth-order valence-electron chi connectivity index (χ4n) is 1.09. The maximum atomic E-state index is 11.2. The minimum atomic E-state index is -0.587. The molecule has 1 rings (SSSR count). The first-order valence-electron chi connectivity index (χ1n) is 3.62. The molecule has 1 unspecified atom stereocenters. The Bertz CT molecular complexity index is 193. The van der Waals surface area contributed by atoms with Crippen molar-refractivity contribution in [1.82, 2.24) is 4.90 Å². The van der Waals surface area contributed by atoms with Gasteiger partial charge in [-0.05, 0) is 6.92 Å². The Kier molecular flexibility index (Phi) is 2.65. The molecule has 0 aliphatic carbocycles. The van der Waals surface area contributed by atoms with Crippen LogP contribution < -0.4 is 0 Å². The molecule has 3 nitrogen and oxygen atoms in total. The van der Waals surface area contributed by atoms with Crippen molar-refractivity contribution >= 4 is 27.6 Å². The molecule has 1 heterocycles. The number of alkyl halides is 1. The van der Waals surface area contributed by atoms with Crippen molar-refractivity contribution in [2.24, 2.45) is 0 Å². The molecule has 0 aromatic rings. The summed E-state index contributed by atoms with van der Waals surface area (Å²) in [6.07, 6.45) is 0.482. The number of rotatable bonds is 1. The van der Waals surface area contributed by atoms with Crippen LogP contribution in [0.15, 0.2) is 0 Å². The van der Waals surface area contributed by atoms with Crippen molar-refractivity contribution in [3.8, 4) is 0 Å². The van der Waals surface area contributed by atoms with E-state index < -0.39 is 4.83 Å². The van der Waals surface area contributed by atoms with E-state index in [1.807, 2.05) is 6.92 Å². The highest BCUT2D eigenvalue weighted by atomic mass is 79.9. The average Bonchev–Trinajstić information content (AvgIpc) is 2.01. The summed E-state index contributed by atoms with van der Waals surface area (Å²) < 4.78 is 0. The Morgan fingerprint density at radius 2 is 2.27 bits per heavy atom. The van der Waals surface area contributed by atoms with E-state index in [1.54, 1.807) is 4.90 Å². The molecule has 1 atom stereocenters. The van der Waals surface area contributed by atoms with Crippen LogP contribution in [0.5, 0.6) is 0 Å². The van der Waals surface area contributed by atoms with Crippen molar-refractivity contribution in [2.75, 3.05) is 13.1 Å². The standard InChI is InChI=1S/C7H10BrNO2/c1-2-9-4-3-5(10)6(8)7(9)11/h6H,2-4H2,1H3. The van der Waals surface area contributed by atoms with Crippen LogP contribution in [0.1, 0.15) is 13.3 Å². The number of amides is 1. The zero-order chi connectivity index (χ0) is 8.43. The zero-order valence-corrected chi connectivity index (χ0v) is 7.93. The van der Waals surface area contributed by atoms with E-state index >= 15 is 0 Å². The van der Waals surface area contributed by atoms with Crippen molar-refractivity contribution in [2.45, 2.75) is 18.2 Å². The van der Waals surface area contributed by atoms with Gasteiger partial charge in [-0.15, -0.1) is 0 Å². The van der Waals surface area contributed by atoms with E-state index in [-0.39, 0.29) is 11.7 Å². The molecule has 1 aliphatic rings. The number of nitrogens with zero attached hydrogens (tertiary/aromatic N) is 1. The van der Waals surface area contributed by atoms with Gasteiger partial charge in [0, 0.05) is 19.5 Å². The molecule has 1 aliphatic heterocycles. The van der Waals surface area contributed by atoms with Gasteiger partial charge >= 0.3 is 0 Å². The van der Waals surface area contributed by atoms with Gasteiger partial charge in [-0.2, -0.15) is 0 Å². The highest BCUT2D eigenvalue weighted by Crippen LogP contribution is 2.14.